The molecule has 1 unspecified atom stereocenters. The lowest BCUT2D eigenvalue weighted by Crippen LogP contribution is -2.38. The van der Waals surface area contributed by atoms with Gasteiger partial charge in [0, 0.05) is 13.0 Å². The smallest absolute Gasteiger partial charge is 0.305 e. The summed E-state index contributed by atoms with van der Waals surface area (Å²) in [5.41, 5.74) is 6.53. The highest BCUT2D eigenvalue weighted by atomic mass is 35.5. The van der Waals surface area contributed by atoms with Crippen LogP contribution in [0.25, 0.3) is 0 Å². The molecule has 0 aliphatic carbocycles. The number of rotatable bonds is 7. The number of esters is 1. The number of benzene rings is 1. The first-order valence-corrected chi connectivity index (χ1v) is 7.91. The van der Waals surface area contributed by atoms with Crippen molar-refractivity contribution >= 4 is 24.3 Å². The average Bonchev–Trinajstić information content (AvgIpc) is 3.08. The van der Waals surface area contributed by atoms with Crippen molar-refractivity contribution in [1.29, 1.82) is 0 Å². The maximum absolute atomic E-state index is 12.4. The van der Waals surface area contributed by atoms with E-state index in [9.17, 15) is 9.59 Å². The fraction of sp³-hybridized carbons (Fsp3) is 0.529. The maximum Gasteiger partial charge on any atom is 0.305 e. The van der Waals surface area contributed by atoms with E-state index in [1.807, 2.05) is 30.3 Å². The number of carbonyl (C=O) groups is 2. The Hall–Kier alpha value is -1.63. The molecule has 1 aliphatic heterocycles. The molecule has 7 heteroatoms. The minimum Gasteiger partial charge on any atom is -0.469 e. The van der Waals surface area contributed by atoms with Gasteiger partial charge in [0.25, 0.3) is 0 Å². The topological polar surface area (TPSA) is 90.7 Å². The van der Waals surface area contributed by atoms with Gasteiger partial charge in [-0.3, -0.25) is 9.59 Å². The molecule has 0 spiro atoms. The van der Waals surface area contributed by atoms with Crippen LogP contribution in [0.1, 0.15) is 37.3 Å². The van der Waals surface area contributed by atoms with Crippen LogP contribution in [-0.4, -0.2) is 37.7 Å². The predicted molar refractivity (Wildman–Crippen MR) is 92.8 cm³/mol. The molecule has 3 N–H and O–H groups in total. The third-order valence-electron chi connectivity index (χ3n) is 4.05. The first kappa shape index (κ1) is 20.4. The van der Waals surface area contributed by atoms with E-state index in [-0.39, 0.29) is 42.9 Å². The quantitative estimate of drug-likeness (QED) is 0.726. The Morgan fingerprint density at radius 3 is 2.62 bits per heavy atom. The second-order valence-corrected chi connectivity index (χ2v) is 5.65. The molecule has 1 aromatic rings. The molecule has 0 bridgehead atoms. The molecular formula is C17H25ClN2O4. The van der Waals surface area contributed by atoms with Crippen molar-refractivity contribution in [1.82, 2.24) is 5.32 Å². The molecule has 1 amide bonds. The van der Waals surface area contributed by atoms with Crippen LogP contribution in [0, 0.1) is 0 Å². The fourth-order valence-electron chi connectivity index (χ4n) is 2.71. The van der Waals surface area contributed by atoms with E-state index in [4.69, 9.17) is 10.5 Å². The van der Waals surface area contributed by atoms with Crippen molar-refractivity contribution in [3.05, 3.63) is 35.9 Å². The van der Waals surface area contributed by atoms with Gasteiger partial charge in [-0.05, 0) is 24.8 Å². The summed E-state index contributed by atoms with van der Waals surface area (Å²) in [5, 5.41) is 2.99. The highest BCUT2D eigenvalue weighted by Gasteiger charge is 2.31. The molecule has 1 fully saturated rings. The summed E-state index contributed by atoms with van der Waals surface area (Å²) in [7, 11) is 1.36. The second-order valence-electron chi connectivity index (χ2n) is 5.65. The number of halogens is 1. The Labute approximate surface area is 148 Å². The van der Waals surface area contributed by atoms with Crippen LogP contribution in [0.15, 0.2) is 30.3 Å². The number of ether oxygens (including phenoxy) is 2. The second kappa shape index (κ2) is 10.3. The Morgan fingerprint density at radius 2 is 2.04 bits per heavy atom. The zero-order valence-electron chi connectivity index (χ0n) is 13.8. The van der Waals surface area contributed by atoms with Crippen LogP contribution in [0.2, 0.25) is 0 Å². The molecule has 1 aromatic carbocycles. The van der Waals surface area contributed by atoms with Crippen molar-refractivity contribution in [2.45, 2.75) is 43.9 Å². The van der Waals surface area contributed by atoms with Crippen LogP contribution >= 0.6 is 12.4 Å². The molecule has 134 valence electrons. The predicted octanol–water partition coefficient (Wildman–Crippen LogP) is 1.73. The lowest BCUT2D eigenvalue weighted by Gasteiger charge is -2.21. The summed E-state index contributed by atoms with van der Waals surface area (Å²) in [6.45, 7) is 0.425. The number of methoxy groups -OCH3 is 1. The van der Waals surface area contributed by atoms with Crippen LogP contribution < -0.4 is 11.1 Å². The molecule has 0 saturated carbocycles. The van der Waals surface area contributed by atoms with Gasteiger partial charge in [-0.2, -0.15) is 0 Å². The molecule has 6 nitrogen and oxygen atoms in total. The molecule has 3 atom stereocenters. The molecule has 1 aliphatic rings. The van der Waals surface area contributed by atoms with Crippen molar-refractivity contribution < 1.29 is 19.1 Å². The van der Waals surface area contributed by atoms with Gasteiger partial charge in [-0.1, -0.05) is 30.3 Å². The highest BCUT2D eigenvalue weighted by Crippen LogP contribution is 2.23. The van der Waals surface area contributed by atoms with E-state index in [2.05, 4.69) is 10.1 Å². The SMILES string of the molecule is COC(=O)CCC(NC(=O)[C@@H]1CC[C@H](CN)O1)c1ccccc1.Cl. The minimum atomic E-state index is -0.465. The van der Waals surface area contributed by atoms with Gasteiger partial charge in [0.1, 0.15) is 6.10 Å². The normalized spacial score (nSPS) is 20.8. The van der Waals surface area contributed by atoms with Crippen molar-refractivity contribution in [2.24, 2.45) is 5.73 Å². The van der Waals surface area contributed by atoms with Gasteiger partial charge < -0.3 is 20.5 Å². The first-order valence-electron chi connectivity index (χ1n) is 7.91. The average molecular weight is 357 g/mol. The lowest BCUT2D eigenvalue weighted by molar-refractivity contribution is -0.141. The van der Waals surface area contributed by atoms with Crippen LogP contribution in [-0.2, 0) is 19.1 Å². The third-order valence-corrected chi connectivity index (χ3v) is 4.05. The van der Waals surface area contributed by atoms with E-state index in [0.717, 1.165) is 12.0 Å². The minimum absolute atomic E-state index is 0. The van der Waals surface area contributed by atoms with Gasteiger partial charge >= 0.3 is 5.97 Å². The number of carbonyl (C=O) groups excluding carboxylic acids is 2. The lowest BCUT2D eigenvalue weighted by atomic mass is 10.0. The molecule has 0 aromatic heterocycles. The Balaban J connectivity index is 0.00000288. The summed E-state index contributed by atoms with van der Waals surface area (Å²) in [4.78, 5) is 23.8. The van der Waals surface area contributed by atoms with E-state index in [1.165, 1.54) is 7.11 Å². The zero-order valence-corrected chi connectivity index (χ0v) is 14.6. The van der Waals surface area contributed by atoms with Crippen LogP contribution in [0.5, 0.6) is 0 Å². The number of nitrogens with one attached hydrogen (secondary N) is 1. The van der Waals surface area contributed by atoms with Crippen molar-refractivity contribution in [3.63, 3.8) is 0 Å². The summed E-state index contributed by atoms with van der Waals surface area (Å²) in [5.74, 6) is -0.444. The Bertz CT molecular complexity index is 527. The van der Waals surface area contributed by atoms with E-state index < -0.39 is 6.10 Å². The summed E-state index contributed by atoms with van der Waals surface area (Å²) in [6, 6.07) is 9.34. The monoisotopic (exact) mass is 356 g/mol. The third kappa shape index (κ3) is 5.78. The van der Waals surface area contributed by atoms with Crippen LogP contribution in [0.4, 0.5) is 0 Å². The number of nitrogens with two attached hydrogens (primary N) is 1. The number of amides is 1. The van der Waals surface area contributed by atoms with E-state index in [0.29, 0.717) is 19.4 Å². The largest absolute Gasteiger partial charge is 0.469 e. The van der Waals surface area contributed by atoms with Gasteiger partial charge in [-0.15, -0.1) is 12.4 Å². The van der Waals surface area contributed by atoms with Crippen molar-refractivity contribution in [3.8, 4) is 0 Å². The summed E-state index contributed by atoms with van der Waals surface area (Å²) >= 11 is 0. The van der Waals surface area contributed by atoms with Gasteiger partial charge in [0.2, 0.25) is 5.91 Å². The Morgan fingerprint density at radius 1 is 1.33 bits per heavy atom. The molecule has 2 rings (SSSR count). The van der Waals surface area contributed by atoms with Crippen LogP contribution in [0.3, 0.4) is 0 Å². The van der Waals surface area contributed by atoms with E-state index in [1.54, 1.807) is 0 Å². The van der Waals surface area contributed by atoms with Gasteiger partial charge in [0.15, 0.2) is 0 Å². The van der Waals surface area contributed by atoms with E-state index >= 15 is 0 Å². The summed E-state index contributed by atoms with van der Waals surface area (Å²) in [6.07, 6.45) is 1.69. The standard InChI is InChI=1S/C17H24N2O4.ClH/c1-22-16(20)10-8-14(12-5-3-2-4-6-12)19-17(21)15-9-7-13(11-18)23-15;/h2-6,13-15H,7-11,18H2,1H3,(H,19,21);1H/t13-,14?,15+;/m1./s1. The molecule has 1 heterocycles. The van der Waals surface area contributed by atoms with Gasteiger partial charge in [-0.25, -0.2) is 0 Å². The number of hydrogen-bond acceptors (Lipinski definition) is 5. The first-order chi connectivity index (χ1) is 11.1. The zero-order chi connectivity index (χ0) is 16.7. The van der Waals surface area contributed by atoms with Crippen molar-refractivity contribution in [2.75, 3.05) is 13.7 Å². The Kier molecular flexibility index (Phi) is 8.74. The maximum atomic E-state index is 12.4. The molecule has 0 radical (unpaired) electrons. The molecular weight excluding hydrogens is 332 g/mol. The molecule has 24 heavy (non-hydrogen) atoms. The highest BCUT2D eigenvalue weighted by molar-refractivity contribution is 5.85. The fourth-order valence-corrected chi connectivity index (χ4v) is 2.71. The molecule has 1 saturated heterocycles. The van der Waals surface area contributed by atoms with Gasteiger partial charge in [0.05, 0.1) is 19.3 Å². The summed E-state index contributed by atoms with van der Waals surface area (Å²) < 4.78 is 10.3. The number of hydrogen-bond donors (Lipinski definition) is 2.